The first-order valence-corrected chi connectivity index (χ1v) is 13.4. The van der Waals surface area contributed by atoms with Gasteiger partial charge in [0.15, 0.2) is 15.7 Å². The van der Waals surface area contributed by atoms with E-state index in [1.807, 2.05) is 17.9 Å². The van der Waals surface area contributed by atoms with E-state index in [2.05, 4.69) is 19.9 Å². The maximum absolute atomic E-state index is 13.4. The average Bonchev–Trinajstić information content (AvgIpc) is 3.24. The minimum absolute atomic E-state index is 0.0913. The summed E-state index contributed by atoms with van der Waals surface area (Å²) in [6.45, 7) is 3.09. The molecule has 0 unspecified atom stereocenters. The summed E-state index contributed by atoms with van der Waals surface area (Å²) in [5.74, 6) is 0. The second-order valence-electron chi connectivity index (χ2n) is 8.86. The van der Waals surface area contributed by atoms with Crippen LogP contribution < -0.4 is 9.62 Å². The van der Waals surface area contributed by atoms with Crippen molar-refractivity contribution in [3.63, 3.8) is 0 Å². The standard InChI is InChI=1S/C21H23F2N7O4S2/c1-12-9-34-13(10-33-2)7-29(12)15-5-14(36(31,32)28-21(11-24)3-4-21)8-30-16(6-25-18(15)30)19-26-27-20(35-19)17(22)23/h5-6,8,12-13,17,28H,3-4,7,9-10H2,1-2H3/t12-,13+/m0/s1. The highest BCUT2D eigenvalue weighted by molar-refractivity contribution is 7.89. The number of morpholine rings is 1. The summed E-state index contributed by atoms with van der Waals surface area (Å²) >= 11 is 0.708. The summed E-state index contributed by atoms with van der Waals surface area (Å²) in [5, 5.41) is 16.6. The van der Waals surface area contributed by atoms with Gasteiger partial charge in [0.1, 0.15) is 16.1 Å². The van der Waals surface area contributed by atoms with Gasteiger partial charge in [-0.05, 0) is 25.8 Å². The second-order valence-corrected chi connectivity index (χ2v) is 11.5. The van der Waals surface area contributed by atoms with Gasteiger partial charge >= 0.3 is 0 Å². The van der Waals surface area contributed by atoms with E-state index in [0.29, 0.717) is 61.0 Å². The van der Waals surface area contributed by atoms with Crippen molar-refractivity contribution in [3.8, 4) is 16.8 Å². The third-order valence-electron chi connectivity index (χ3n) is 6.18. The van der Waals surface area contributed by atoms with Gasteiger partial charge in [-0.25, -0.2) is 22.2 Å². The number of halogens is 2. The third-order valence-corrected chi connectivity index (χ3v) is 8.64. The Kier molecular flexibility index (Phi) is 6.41. The van der Waals surface area contributed by atoms with Crippen LogP contribution in [-0.2, 0) is 19.5 Å². The molecule has 0 amide bonds. The van der Waals surface area contributed by atoms with Crippen LogP contribution in [0, 0.1) is 11.3 Å². The number of ether oxygens (including phenoxy) is 2. The molecule has 3 aromatic heterocycles. The largest absolute Gasteiger partial charge is 0.382 e. The monoisotopic (exact) mass is 539 g/mol. The number of pyridine rings is 1. The van der Waals surface area contributed by atoms with E-state index >= 15 is 0 Å². The second kappa shape index (κ2) is 9.27. The number of fused-ring (bicyclic) bond motifs is 1. The van der Waals surface area contributed by atoms with Crippen molar-refractivity contribution in [2.45, 2.75) is 48.8 Å². The van der Waals surface area contributed by atoms with Crippen LogP contribution in [0.25, 0.3) is 16.3 Å². The van der Waals surface area contributed by atoms with E-state index < -0.39 is 27.0 Å². The summed E-state index contributed by atoms with van der Waals surface area (Å²) in [6, 6.07) is 3.42. The molecule has 3 aromatic rings. The number of imidazole rings is 1. The zero-order valence-electron chi connectivity index (χ0n) is 19.4. The minimum atomic E-state index is -4.10. The molecule has 0 bridgehead atoms. The van der Waals surface area contributed by atoms with Crippen LogP contribution >= 0.6 is 11.3 Å². The molecule has 4 heterocycles. The van der Waals surface area contributed by atoms with E-state index in [1.54, 1.807) is 7.11 Å². The quantitative estimate of drug-likeness (QED) is 0.458. The van der Waals surface area contributed by atoms with Crippen LogP contribution in [0.4, 0.5) is 14.5 Å². The molecule has 1 saturated heterocycles. The van der Waals surface area contributed by atoms with Crippen molar-refractivity contribution in [3.05, 3.63) is 23.5 Å². The highest BCUT2D eigenvalue weighted by Crippen LogP contribution is 2.38. The topological polar surface area (TPSA) is 135 Å². The van der Waals surface area contributed by atoms with Crippen LogP contribution in [0.15, 0.2) is 23.4 Å². The van der Waals surface area contributed by atoms with Gasteiger partial charge in [-0.3, -0.25) is 4.40 Å². The van der Waals surface area contributed by atoms with Crippen LogP contribution in [0.5, 0.6) is 0 Å². The number of nitrogens with one attached hydrogen (secondary N) is 1. The number of hydrogen-bond acceptors (Lipinski definition) is 10. The van der Waals surface area contributed by atoms with Crippen molar-refractivity contribution >= 4 is 32.7 Å². The molecule has 11 nitrogen and oxygen atoms in total. The number of nitriles is 1. The Morgan fingerprint density at radius 2 is 2.19 bits per heavy atom. The van der Waals surface area contributed by atoms with Crippen molar-refractivity contribution < 1.29 is 26.7 Å². The Labute approximate surface area is 209 Å². The molecule has 15 heteroatoms. The van der Waals surface area contributed by atoms with Gasteiger partial charge in [-0.2, -0.15) is 9.98 Å². The Balaban J connectivity index is 1.66. The molecule has 36 heavy (non-hydrogen) atoms. The van der Waals surface area contributed by atoms with Gasteiger partial charge in [-0.15, -0.1) is 10.2 Å². The molecule has 5 rings (SSSR count). The molecule has 0 aromatic carbocycles. The lowest BCUT2D eigenvalue weighted by Gasteiger charge is -2.39. The molecule has 0 spiro atoms. The fourth-order valence-electron chi connectivity index (χ4n) is 4.11. The van der Waals surface area contributed by atoms with Gasteiger partial charge in [-0.1, -0.05) is 11.3 Å². The first kappa shape index (κ1) is 24.9. The van der Waals surface area contributed by atoms with E-state index in [-0.39, 0.29) is 22.0 Å². The lowest BCUT2D eigenvalue weighted by molar-refractivity contribution is -0.0221. The first-order chi connectivity index (χ1) is 17.2. The van der Waals surface area contributed by atoms with Crippen molar-refractivity contribution in [1.29, 1.82) is 5.26 Å². The van der Waals surface area contributed by atoms with E-state index in [1.165, 1.54) is 22.9 Å². The maximum atomic E-state index is 13.4. The van der Waals surface area contributed by atoms with Crippen molar-refractivity contribution in [2.24, 2.45) is 0 Å². The van der Waals surface area contributed by atoms with E-state index in [0.717, 1.165) is 0 Å². The van der Waals surface area contributed by atoms with Gasteiger partial charge in [0.25, 0.3) is 6.43 Å². The molecule has 1 aliphatic carbocycles. The number of nitrogens with zero attached hydrogens (tertiary/aromatic N) is 6. The molecule has 1 N–H and O–H groups in total. The number of hydrogen-bond donors (Lipinski definition) is 1. The molecular weight excluding hydrogens is 516 g/mol. The molecule has 2 aliphatic rings. The van der Waals surface area contributed by atoms with Crippen LogP contribution in [0.2, 0.25) is 0 Å². The van der Waals surface area contributed by atoms with Crippen LogP contribution in [0.3, 0.4) is 0 Å². The summed E-state index contributed by atoms with van der Waals surface area (Å²) in [6.07, 6.45) is 0.637. The lowest BCUT2D eigenvalue weighted by atomic mass is 10.1. The molecular formula is C21H23F2N7O4S2. The number of sulfonamides is 1. The SMILES string of the molecule is COC[C@H]1CN(c2cc(S(=O)(=O)NC3(C#N)CC3)cn3c(-c4nnc(C(F)F)s4)cnc23)[C@@H](C)CO1. The van der Waals surface area contributed by atoms with Crippen LogP contribution in [-0.4, -0.2) is 72.6 Å². The smallest absolute Gasteiger partial charge is 0.291 e. The Morgan fingerprint density at radius 3 is 2.83 bits per heavy atom. The van der Waals surface area contributed by atoms with Gasteiger partial charge in [0.2, 0.25) is 10.0 Å². The zero-order valence-corrected chi connectivity index (χ0v) is 21.0. The molecule has 1 aliphatic heterocycles. The normalized spacial score (nSPS) is 21.7. The fourth-order valence-corrected chi connectivity index (χ4v) is 6.20. The van der Waals surface area contributed by atoms with Crippen molar-refractivity contribution in [1.82, 2.24) is 24.3 Å². The van der Waals surface area contributed by atoms with Gasteiger partial charge in [0.05, 0.1) is 37.3 Å². The molecule has 192 valence electrons. The summed E-state index contributed by atoms with van der Waals surface area (Å²) in [5.41, 5.74) is 0.140. The van der Waals surface area contributed by atoms with E-state index in [9.17, 15) is 22.5 Å². The number of methoxy groups -OCH3 is 1. The molecule has 2 fully saturated rings. The first-order valence-electron chi connectivity index (χ1n) is 11.1. The van der Waals surface area contributed by atoms with Crippen molar-refractivity contribution in [2.75, 3.05) is 31.8 Å². The molecule has 0 radical (unpaired) electrons. The Hall–Kier alpha value is -2.77. The zero-order chi connectivity index (χ0) is 25.7. The maximum Gasteiger partial charge on any atom is 0.291 e. The van der Waals surface area contributed by atoms with Crippen LogP contribution in [0.1, 0.15) is 31.2 Å². The Morgan fingerprint density at radius 1 is 1.42 bits per heavy atom. The summed E-state index contributed by atoms with van der Waals surface area (Å²) < 4.78 is 68.1. The van der Waals surface area contributed by atoms with Gasteiger partial charge in [0, 0.05) is 25.9 Å². The molecule has 1 saturated carbocycles. The highest BCUT2D eigenvalue weighted by atomic mass is 32.2. The number of alkyl halides is 2. The fraction of sp³-hybridized carbons (Fsp3) is 0.524. The Bertz CT molecular complexity index is 1430. The summed E-state index contributed by atoms with van der Waals surface area (Å²) in [4.78, 5) is 6.38. The number of anilines is 1. The molecule has 2 atom stereocenters. The number of aromatic nitrogens is 4. The third kappa shape index (κ3) is 4.55. The van der Waals surface area contributed by atoms with Gasteiger partial charge < -0.3 is 14.4 Å². The van der Waals surface area contributed by atoms with E-state index in [4.69, 9.17) is 9.47 Å². The number of rotatable bonds is 8. The highest BCUT2D eigenvalue weighted by Gasteiger charge is 2.47. The predicted octanol–water partition coefficient (Wildman–Crippen LogP) is 2.36. The minimum Gasteiger partial charge on any atom is -0.382 e. The summed E-state index contributed by atoms with van der Waals surface area (Å²) in [7, 11) is -2.53. The average molecular weight is 540 g/mol. The predicted molar refractivity (Wildman–Crippen MR) is 125 cm³/mol. The lowest BCUT2D eigenvalue weighted by Crippen LogP contribution is -2.50.